The van der Waals surface area contributed by atoms with E-state index in [1.165, 1.54) is 18.3 Å². The van der Waals surface area contributed by atoms with Gasteiger partial charge < -0.3 is 10.0 Å². The lowest BCUT2D eigenvalue weighted by molar-refractivity contribution is -0.384. The van der Waals surface area contributed by atoms with Crippen molar-refractivity contribution in [2.45, 2.75) is 13.3 Å². The van der Waals surface area contributed by atoms with Gasteiger partial charge in [-0.05, 0) is 19.4 Å². The molecule has 0 bridgehead atoms. The van der Waals surface area contributed by atoms with Gasteiger partial charge in [0.15, 0.2) is 0 Å². The van der Waals surface area contributed by atoms with Crippen molar-refractivity contribution in [3.05, 3.63) is 28.4 Å². The zero-order valence-electron chi connectivity index (χ0n) is 9.87. The molecule has 1 saturated heterocycles. The molecule has 7 heteroatoms. The summed E-state index contributed by atoms with van der Waals surface area (Å²) in [5, 5.41) is 20.0. The van der Waals surface area contributed by atoms with E-state index in [0.717, 1.165) is 0 Å². The zero-order valence-corrected chi connectivity index (χ0v) is 9.87. The Balaban J connectivity index is 2.30. The molecule has 2 rings (SSSR count). The highest BCUT2D eigenvalue weighted by molar-refractivity contribution is 5.76. The zero-order chi connectivity index (χ0) is 13.3. The van der Waals surface area contributed by atoms with Crippen LogP contribution < -0.4 is 4.90 Å². The van der Waals surface area contributed by atoms with E-state index >= 15 is 0 Å². The van der Waals surface area contributed by atoms with E-state index in [1.54, 1.807) is 11.8 Å². The van der Waals surface area contributed by atoms with Gasteiger partial charge in [-0.3, -0.25) is 14.9 Å². The number of aliphatic carboxylic acids is 1. The summed E-state index contributed by atoms with van der Waals surface area (Å²) < 4.78 is 0. The summed E-state index contributed by atoms with van der Waals surface area (Å²) in [4.78, 5) is 27.2. The number of anilines is 1. The van der Waals surface area contributed by atoms with Crippen molar-refractivity contribution >= 4 is 17.5 Å². The van der Waals surface area contributed by atoms with Crippen LogP contribution in [0.15, 0.2) is 18.3 Å². The molecule has 1 atom stereocenters. The van der Waals surface area contributed by atoms with Crippen molar-refractivity contribution in [2.24, 2.45) is 5.41 Å². The Morgan fingerprint density at radius 3 is 2.94 bits per heavy atom. The van der Waals surface area contributed by atoms with Crippen LogP contribution >= 0.6 is 0 Å². The first-order valence-corrected chi connectivity index (χ1v) is 5.52. The number of pyridine rings is 1. The molecule has 0 spiro atoms. The molecular formula is C11H13N3O4. The second kappa shape index (κ2) is 4.25. The molecule has 0 amide bonds. The fourth-order valence-corrected chi connectivity index (χ4v) is 2.09. The van der Waals surface area contributed by atoms with Gasteiger partial charge in [-0.1, -0.05) is 0 Å². The highest BCUT2D eigenvalue weighted by Gasteiger charge is 2.42. The van der Waals surface area contributed by atoms with Gasteiger partial charge in [0.25, 0.3) is 0 Å². The lowest BCUT2D eigenvalue weighted by Gasteiger charge is -2.20. The van der Waals surface area contributed by atoms with Crippen LogP contribution in [0.3, 0.4) is 0 Å². The molecule has 1 N–H and O–H groups in total. The maximum Gasteiger partial charge on any atom is 0.311 e. The first-order chi connectivity index (χ1) is 8.44. The van der Waals surface area contributed by atoms with E-state index in [0.29, 0.717) is 13.0 Å². The van der Waals surface area contributed by atoms with Crippen LogP contribution in [0.1, 0.15) is 13.3 Å². The van der Waals surface area contributed by atoms with Gasteiger partial charge in [0, 0.05) is 25.4 Å². The summed E-state index contributed by atoms with van der Waals surface area (Å²) in [6.45, 7) is 2.34. The van der Waals surface area contributed by atoms with Crippen molar-refractivity contribution in [1.82, 2.24) is 4.98 Å². The smallest absolute Gasteiger partial charge is 0.311 e. The van der Waals surface area contributed by atoms with E-state index in [4.69, 9.17) is 5.11 Å². The van der Waals surface area contributed by atoms with Gasteiger partial charge in [0.2, 0.25) is 5.82 Å². The normalized spacial score (nSPS) is 23.1. The fourth-order valence-electron chi connectivity index (χ4n) is 2.09. The first-order valence-electron chi connectivity index (χ1n) is 5.52. The van der Waals surface area contributed by atoms with Crippen LogP contribution in [-0.2, 0) is 4.79 Å². The van der Waals surface area contributed by atoms with Gasteiger partial charge in [-0.2, -0.15) is 0 Å². The SMILES string of the molecule is CC1(C(=O)O)CCN(c2ncccc2[N+](=O)[O-])C1. The molecule has 0 aliphatic carbocycles. The van der Waals surface area contributed by atoms with Crippen LogP contribution in [0.2, 0.25) is 0 Å². The Labute approximate surface area is 103 Å². The minimum Gasteiger partial charge on any atom is -0.481 e. The third kappa shape index (κ3) is 1.99. The number of rotatable bonds is 3. The van der Waals surface area contributed by atoms with Crippen molar-refractivity contribution in [1.29, 1.82) is 0 Å². The molecule has 1 fully saturated rings. The van der Waals surface area contributed by atoms with Gasteiger partial charge in [0.1, 0.15) is 0 Å². The molecule has 0 saturated carbocycles. The quantitative estimate of drug-likeness (QED) is 0.642. The van der Waals surface area contributed by atoms with Crippen molar-refractivity contribution in [3.63, 3.8) is 0 Å². The molecule has 1 aliphatic heterocycles. The summed E-state index contributed by atoms with van der Waals surface area (Å²) in [6.07, 6.45) is 1.93. The Kier molecular flexibility index (Phi) is 2.90. The van der Waals surface area contributed by atoms with E-state index < -0.39 is 16.3 Å². The third-order valence-electron chi connectivity index (χ3n) is 3.25. The molecule has 96 valence electrons. The minimum atomic E-state index is -0.886. The van der Waals surface area contributed by atoms with Crippen LogP contribution in [0.5, 0.6) is 0 Å². The molecule has 18 heavy (non-hydrogen) atoms. The number of hydrogen-bond acceptors (Lipinski definition) is 5. The summed E-state index contributed by atoms with van der Waals surface area (Å²) in [5.74, 6) is -0.643. The highest BCUT2D eigenvalue weighted by atomic mass is 16.6. The van der Waals surface area contributed by atoms with Gasteiger partial charge in [-0.15, -0.1) is 0 Å². The molecule has 1 aromatic rings. The predicted octanol–water partition coefficient (Wildman–Crippen LogP) is 1.29. The predicted molar refractivity (Wildman–Crippen MR) is 63.5 cm³/mol. The Morgan fingerprint density at radius 1 is 1.67 bits per heavy atom. The maximum absolute atomic E-state index is 11.1. The number of hydrogen-bond donors (Lipinski definition) is 1. The number of carbonyl (C=O) groups is 1. The molecule has 1 aliphatic rings. The Hall–Kier alpha value is -2.18. The lowest BCUT2D eigenvalue weighted by atomic mass is 9.90. The standard InChI is InChI=1S/C11H13N3O4/c1-11(10(15)16)4-6-13(7-11)9-8(14(17)18)3-2-5-12-9/h2-3,5H,4,6-7H2,1H3,(H,15,16). The second-order valence-electron chi connectivity index (χ2n) is 4.64. The minimum absolute atomic E-state index is 0.0906. The summed E-state index contributed by atoms with van der Waals surface area (Å²) >= 11 is 0. The van der Waals surface area contributed by atoms with Gasteiger partial charge >= 0.3 is 11.7 Å². The number of nitrogens with zero attached hydrogens (tertiary/aromatic N) is 3. The van der Waals surface area contributed by atoms with Crippen LogP contribution in [0.4, 0.5) is 11.5 Å². The topological polar surface area (TPSA) is 96.6 Å². The summed E-state index contributed by atoms with van der Waals surface area (Å²) in [5.41, 5.74) is -0.960. The summed E-state index contributed by atoms with van der Waals surface area (Å²) in [6, 6.07) is 2.87. The molecule has 1 unspecified atom stereocenters. The van der Waals surface area contributed by atoms with E-state index in [9.17, 15) is 14.9 Å². The van der Waals surface area contributed by atoms with Gasteiger partial charge in [-0.25, -0.2) is 4.98 Å². The number of carboxylic acids is 1. The van der Waals surface area contributed by atoms with E-state index in [1.807, 2.05) is 0 Å². The molecule has 1 aromatic heterocycles. The third-order valence-corrected chi connectivity index (χ3v) is 3.25. The molecule has 2 heterocycles. The number of carboxylic acid groups (broad SMARTS) is 1. The summed E-state index contributed by atoms with van der Waals surface area (Å²) in [7, 11) is 0. The maximum atomic E-state index is 11.1. The fraction of sp³-hybridized carbons (Fsp3) is 0.455. The average molecular weight is 251 g/mol. The Bertz CT molecular complexity index is 505. The molecule has 0 aromatic carbocycles. The van der Waals surface area contributed by atoms with Crippen molar-refractivity contribution < 1.29 is 14.8 Å². The average Bonchev–Trinajstić information content (AvgIpc) is 2.73. The molecule has 7 nitrogen and oxygen atoms in total. The Morgan fingerprint density at radius 2 is 2.39 bits per heavy atom. The highest BCUT2D eigenvalue weighted by Crippen LogP contribution is 2.35. The lowest BCUT2D eigenvalue weighted by Crippen LogP contribution is -2.32. The first kappa shape index (κ1) is 12.3. The number of nitro groups is 1. The van der Waals surface area contributed by atoms with Gasteiger partial charge in [0.05, 0.1) is 10.3 Å². The number of aromatic nitrogens is 1. The van der Waals surface area contributed by atoms with Crippen LogP contribution in [-0.4, -0.2) is 34.1 Å². The van der Waals surface area contributed by atoms with E-state index in [-0.39, 0.29) is 18.1 Å². The van der Waals surface area contributed by atoms with Crippen LogP contribution in [0, 0.1) is 15.5 Å². The van der Waals surface area contributed by atoms with Crippen LogP contribution in [0.25, 0.3) is 0 Å². The largest absolute Gasteiger partial charge is 0.481 e. The second-order valence-corrected chi connectivity index (χ2v) is 4.64. The monoisotopic (exact) mass is 251 g/mol. The molecular weight excluding hydrogens is 238 g/mol. The van der Waals surface area contributed by atoms with Crippen molar-refractivity contribution in [2.75, 3.05) is 18.0 Å². The molecule has 0 radical (unpaired) electrons. The van der Waals surface area contributed by atoms with E-state index in [2.05, 4.69) is 4.98 Å². The van der Waals surface area contributed by atoms with Crippen molar-refractivity contribution in [3.8, 4) is 0 Å².